The molecule has 4 heteroatoms. The maximum atomic E-state index is 11.4. The minimum Gasteiger partial charge on any atom is -0.291 e. The van der Waals surface area contributed by atoms with E-state index in [2.05, 4.69) is 16.5 Å². The largest absolute Gasteiger partial charge is 0.291 e. The van der Waals surface area contributed by atoms with Crippen molar-refractivity contribution in [2.24, 2.45) is 0 Å². The van der Waals surface area contributed by atoms with Gasteiger partial charge in [-0.05, 0) is 5.57 Å². The highest BCUT2D eigenvalue weighted by Gasteiger charge is 2.25. The number of amides is 1. The van der Waals surface area contributed by atoms with Crippen molar-refractivity contribution >= 4 is 11.7 Å². The van der Waals surface area contributed by atoms with Crippen LogP contribution in [0.25, 0.3) is 0 Å². The summed E-state index contributed by atoms with van der Waals surface area (Å²) in [5.74, 6) is 0.650. The van der Waals surface area contributed by atoms with Gasteiger partial charge in [0.25, 0.3) is 0 Å². The van der Waals surface area contributed by atoms with E-state index in [0.29, 0.717) is 18.8 Å². The molecule has 1 aromatic rings. The van der Waals surface area contributed by atoms with Crippen molar-refractivity contribution in [1.82, 2.24) is 9.97 Å². The summed E-state index contributed by atoms with van der Waals surface area (Å²) in [6.07, 6.45) is 5.16. The molecule has 0 aliphatic carbocycles. The SMILES string of the molecule is C=C1CC(=O)N(c2cnccn2)C1. The van der Waals surface area contributed by atoms with Crippen molar-refractivity contribution in [2.75, 3.05) is 11.4 Å². The van der Waals surface area contributed by atoms with Crippen LogP contribution in [-0.4, -0.2) is 22.4 Å². The standard InChI is InChI=1S/C9H9N3O/c1-7-4-9(13)12(6-7)8-5-10-2-3-11-8/h2-3,5H,1,4,6H2. The number of anilines is 1. The minimum atomic E-state index is 0.0468. The van der Waals surface area contributed by atoms with Gasteiger partial charge in [-0.15, -0.1) is 0 Å². The molecule has 1 fully saturated rings. The lowest BCUT2D eigenvalue weighted by molar-refractivity contribution is -0.116. The fourth-order valence-electron chi connectivity index (χ4n) is 1.32. The molecule has 2 rings (SSSR count). The molecule has 0 aromatic carbocycles. The summed E-state index contributed by atoms with van der Waals surface area (Å²) in [6, 6.07) is 0. The predicted molar refractivity (Wildman–Crippen MR) is 48.1 cm³/mol. The average molecular weight is 175 g/mol. The zero-order chi connectivity index (χ0) is 9.26. The fraction of sp³-hybridized carbons (Fsp3) is 0.222. The van der Waals surface area contributed by atoms with E-state index in [4.69, 9.17) is 0 Å². The molecule has 1 amide bonds. The molecule has 66 valence electrons. The fourth-order valence-corrected chi connectivity index (χ4v) is 1.32. The Labute approximate surface area is 75.9 Å². The monoisotopic (exact) mass is 175 g/mol. The smallest absolute Gasteiger partial charge is 0.232 e. The van der Waals surface area contributed by atoms with Crippen LogP contribution in [0.4, 0.5) is 5.82 Å². The first-order chi connectivity index (χ1) is 6.27. The van der Waals surface area contributed by atoms with Crippen LogP contribution in [0.2, 0.25) is 0 Å². The van der Waals surface area contributed by atoms with Crippen LogP contribution in [0.3, 0.4) is 0 Å². The highest BCUT2D eigenvalue weighted by molar-refractivity contribution is 5.97. The zero-order valence-corrected chi connectivity index (χ0v) is 7.10. The Morgan fingerprint density at radius 1 is 1.46 bits per heavy atom. The van der Waals surface area contributed by atoms with Crippen molar-refractivity contribution in [2.45, 2.75) is 6.42 Å². The van der Waals surface area contributed by atoms with Crippen molar-refractivity contribution in [3.05, 3.63) is 30.7 Å². The topological polar surface area (TPSA) is 46.1 Å². The molecule has 2 heterocycles. The van der Waals surface area contributed by atoms with Crippen molar-refractivity contribution in [3.63, 3.8) is 0 Å². The van der Waals surface area contributed by atoms with Crippen molar-refractivity contribution in [1.29, 1.82) is 0 Å². The molecule has 0 radical (unpaired) electrons. The van der Waals surface area contributed by atoms with Crippen LogP contribution in [0.15, 0.2) is 30.7 Å². The second-order valence-electron chi connectivity index (χ2n) is 2.97. The van der Waals surface area contributed by atoms with Gasteiger partial charge in [0.05, 0.1) is 6.20 Å². The third-order valence-electron chi connectivity index (χ3n) is 1.91. The van der Waals surface area contributed by atoms with Crippen LogP contribution in [-0.2, 0) is 4.79 Å². The number of carbonyl (C=O) groups excluding carboxylic acids is 1. The van der Waals surface area contributed by atoms with E-state index in [-0.39, 0.29) is 5.91 Å². The van der Waals surface area contributed by atoms with Crippen LogP contribution in [0.1, 0.15) is 6.42 Å². The third kappa shape index (κ3) is 1.42. The Bertz CT molecular complexity index is 347. The van der Waals surface area contributed by atoms with E-state index in [0.717, 1.165) is 5.57 Å². The lowest BCUT2D eigenvalue weighted by Crippen LogP contribution is -2.24. The summed E-state index contributed by atoms with van der Waals surface area (Å²) in [5.41, 5.74) is 0.927. The highest BCUT2D eigenvalue weighted by atomic mass is 16.2. The Balaban J connectivity index is 2.28. The van der Waals surface area contributed by atoms with Gasteiger partial charge in [-0.3, -0.25) is 14.7 Å². The maximum Gasteiger partial charge on any atom is 0.232 e. The summed E-state index contributed by atoms with van der Waals surface area (Å²) in [5, 5.41) is 0. The first kappa shape index (κ1) is 7.91. The number of carbonyl (C=O) groups is 1. The normalized spacial score (nSPS) is 16.8. The molecular weight excluding hydrogens is 166 g/mol. The maximum absolute atomic E-state index is 11.4. The second kappa shape index (κ2) is 2.97. The van der Waals surface area contributed by atoms with Crippen LogP contribution < -0.4 is 4.90 Å². The molecule has 0 spiro atoms. The van der Waals surface area contributed by atoms with E-state index in [1.807, 2.05) is 0 Å². The molecule has 4 nitrogen and oxygen atoms in total. The molecule has 0 unspecified atom stereocenters. The summed E-state index contributed by atoms with van der Waals surface area (Å²) >= 11 is 0. The van der Waals surface area contributed by atoms with Crippen LogP contribution >= 0.6 is 0 Å². The van der Waals surface area contributed by atoms with Gasteiger partial charge in [0.15, 0.2) is 5.82 Å². The van der Waals surface area contributed by atoms with Gasteiger partial charge < -0.3 is 0 Å². The molecular formula is C9H9N3O. The van der Waals surface area contributed by atoms with Gasteiger partial charge in [-0.25, -0.2) is 4.98 Å². The number of hydrogen-bond donors (Lipinski definition) is 0. The third-order valence-corrected chi connectivity index (χ3v) is 1.91. The van der Waals surface area contributed by atoms with Gasteiger partial charge in [0, 0.05) is 25.4 Å². The van der Waals surface area contributed by atoms with E-state index in [1.165, 1.54) is 0 Å². The lowest BCUT2D eigenvalue weighted by atomic mass is 10.3. The van der Waals surface area contributed by atoms with E-state index >= 15 is 0 Å². The molecule has 13 heavy (non-hydrogen) atoms. The lowest BCUT2D eigenvalue weighted by Gasteiger charge is -2.12. The van der Waals surface area contributed by atoms with Gasteiger partial charge in [-0.1, -0.05) is 6.58 Å². The minimum absolute atomic E-state index is 0.0468. The number of hydrogen-bond acceptors (Lipinski definition) is 3. The average Bonchev–Trinajstić information content (AvgIpc) is 2.47. The molecule has 0 bridgehead atoms. The molecule has 0 saturated carbocycles. The molecule has 0 atom stereocenters. The number of rotatable bonds is 1. The Hall–Kier alpha value is -1.71. The first-order valence-electron chi connectivity index (χ1n) is 4.00. The number of aromatic nitrogens is 2. The Morgan fingerprint density at radius 3 is 2.85 bits per heavy atom. The first-order valence-corrected chi connectivity index (χ1v) is 4.00. The highest BCUT2D eigenvalue weighted by Crippen LogP contribution is 2.20. The summed E-state index contributed by atoms with van der Waals surface area (Å²) in [4.78, 5) is 20.9. The molecule has 1 aromatic heterocycles. The van der Waals surface area contributed by atoms with Gasteiger partial charge in [-0.2, -0.15) is 0 Å². The Morgan fingerprint density at radius 2 is 2.31 bits per heavy atom. The quantitative estimate of drug-likeness (QED) is 0.592. The van der Waals surface area contributed by atoms with Crippen LogP contribution in [0.5, 0.6) is 0 Å². The van der Waals surface area contributed by atoms with Crippen molar-refractivity contribution in [3.8, 4) is 0 Å². The molecule has 0 N–H and O–H groups in total. The number of nitrogens with zero attached hydrogens (tertiary/aromatic N) is 3. The van der Waals surface area contributed by atoms with Gasteiger partial charge in [0.1, 0.15) is 0 Å². The van der Waals surface area contributed by atoms with Gasteiger partial charge >= 0.3 is 0 Å². The van der Waals surface area contributed by atoms with E-state index in [1.54, 1.807) is 23.5 Å². The molecule has 1 aliphatic heterocycles. The molecule has 1 aliphatic rings. The molecule has 1 saturated heterocycles. The summed E-state index contributed by atoms with van der Waals surface area (Å²) < 4.78 is 0. The van der Waals surface area contributed by atoms with Gasteiger partial charge in [0.2, 0.25) is 5.91 Å². The van der Waals surface area contributed by atoms with E-state index in [9.17, 15) is 4.79 Å². The summed E-state index contributed by atoms with van der Waals surface area (Å²) in [7, 11) is 0. The van der Waals surface area contributed by atoms with Crippen molar-refractivity contribution < 1.29 is 4.79 Å². The Kier molecular flexibility index (Phi) is 1.81. The second-order valence-corrected chi connectivity index (χ2v) is 2.97. The van der Waals surface area contributed by atoms with Crippen LogP contribution in [0, 0.1) is 0 Å². The van der Waals surface area contributed by atoms with E-state index < -0.39 is 0 Å². The summed E-state index contributed by atoms with van der Waals surface area (Å²) in [6.45, 7) is 4.34. The zero-order valence-electron chi connectivity index (χ0n) is 7.10. The predicted octanol–water partition coefficient (Wildman–Crippen LogP) is 0.769.